The molecule has 0 aliphatic carbocycles. The van der Waals surface area contributed by atoms with Gasteiger partial charge in [0.2, 0.25) is 0 Å². The number of rotatable bonds is 2. The van der Waals surface area contributed by atoms with E-state index in [0.29, 0.717) is 15.7 Å². The average molecular weight is 324 g/mol. The van der Waals surface area contributed by atoms with Crippen LogP contribution in [-0.4, -0.2) is 10.9 Å². The minimum absolute atomic E-state index is 0.119. The molecule has 0 radical (unpaired) electrons. The Morgan fingerprint density at radius 2 is 2.16 bits per heavy atom. The minimum atomic E-state index is -0.436. The topological polar surface area (TPSA) is 68.0 Å². The standard InChI is InChI=1S/C13H11BrFN3O/c1-7-2-3-9(5-11(7)15)18-13(19)10-4-8(14)6-17-12(10)16/h2-6H,1H3,(H2,16,17)(H,18,19). The Kier molecular flexibility index (Phi) is 3.80. The monoisotopic (exact) mass is 323 g/mol. The highest BCUT2D eigenvalue weighted by Gasteiger charge is 2.12. The molecule has 1 amide bonds. The molecular formula is C13H11BrFN3O. The number of benzene rings is 1. The zero-order valence-corrected chi connectivity index (χ0v) is 11.7. The van der Waals surface area contributed by atoms with Crippen molar-refractivity contribution in [3.05, 3.63) is 51.9 Å². The molecule has 0 fully saturated rings. The van der Waals surface area contributed by atoms with Gasteiger partial charge in [0.05, 0.1) is 5.56 Å². The van der Waals surface area contributed by atoms with Crippen molar-refractivity contribution >= 4 is 33.3 Å². The molecule has 0 bridgehead atoms. The first kappa shape index (κ1) is 13.5. The number of carbonyl (C=O) groups is 1. The van der Waals surface area contributed by atoms with Crippen molar-refractivity contribution in [2.24, 2.45) is 0 Å². The highest BCUT2D eigenvalue weighted by atomic mass is 79.9. The van der Waals surface area contributed by atoms with Gasteiger partial charge < -0.3 is 11.1 Å². The van der Waals surface area contributed by atoms with Crippen LogP contribution in [-0.2, 0) is 0 Å². The first-order valence-electron chi connectivity index (χ1n) is 5.46. The van der Waals surface area contributed by atoms with Gasteiger partial charge in [-0.05, 0) is 46.6 Å². The molecule has 1 aromatic heterocycles. The summed E-state index contributed by atoms with van der Waals surface area (Å²) in [5.41, 5.74) is 6.75. The average Bonchev–Trinajstić information content (AvgIpc) is 2.36. The van der Waals surface area contributed by atoms with Crippen molar-refractivity contribution in [3.8, 4) is 0 Å². The second-order valence-corrected chi connectivity index (χ2v) is 4.92. The molecule has 0 saturated carbocycles. The number of aromatic nitrogens is 1. The van der Waals surface area contributed by atoms with Gasteiger partial charge in [0.25, 0.3) is 5.91 Å². The summed E-state index contributed by atoms with van der Waals surface area (Å²) >= 11 is 3.21. The Morgan fingerprint density at radius 1 is 1.42 bits per heavy atom. The van der Waals surface area contributed by atoms with E-state index in [2.05, 4.69) is 26.2 Å². The quantitative estimate of drug-likeness (QED) is 0.892. The smallest absolute Gasteiger partial charge is 0.259 e. The van der Waals surface area contributed by atoms with Crippen molar-refractivity contribution in [2.45, 2.75) is 6.92 Å². The summed E-state index contributed by atoms with van der Waals surface area (Å²) < 4.78 is 14.0. The SMILES string of the molecule is Cc1ccc(NC(=O)c2cc(Br)cnc2N)cc1F. The number of pyridine rings is 1. The normalized spacial score (nSPS) is 10.3. The maximum absolute atomic E-state index is 13.4. The number of nitrogens with one attached hydrogen (secondary N) is 1. The van der Waals surface area contributed by atoms with Crippen molar-refractivity contribution in [1.82, 2.24) is 4.98 Å². The van der Waals surface area contributed by atoms with E-state index in [-0.39, 0.29) is 17.2 Å². The summed E-state index contributed by atoms with van der Waals surface area (Å²) in [5, 5.41) is 2.57. The van der Waals surface area contributed by atoms with Crippen LogP contribution in [0.3, 0.4) is 0 Å². The number of nitrogens with two attached hydrogens (primary N) is 1. The van der Waals surface area contributed by atoms with E-state index in [1.807, 2.05) is 0 Å². The van der Waals surface area contributed by atoms with Crippen LogP contribution in [0.1, 0.15) is 15.9 Å². The molecule has 0 unspecified atom stereocenters. The predicted molar refractivity (Wildman–Crippen MR) is 75.4 cm³/mol. The molecular weight excluding hydrogens is 313 g/mol. The molecule has 6 heteroatoms. The summed E-state index contributed by atoms with van der Waals surface area (Å²) in [7, 11) is 0. The number of halogens is 2. The first-order valence-corrected chi connectivity index (χ1v) is 6.25. The van der Waals surface area contributed by atoms with Crippen molar-refractivity contribution in [2.75, 3.05) is 11.1 Å². The molecule has 1 heterocycles. The van der Waals surface area contributed by atoms with Gasteiger partial charge in [-0.1, -0.05) is 6.07 Å². The Hall–Kier alpha value is -1.95. The van der Waals surface area contributed by atoms with E-state index in [9.17, 15) is 9.18 Å². The summed E-state index contributed by atoms with van der Waals surface area (Å²) in [6.07, 6.45) is 1.50. The zero-order chi connectivity index (χ0) is 14.0. The molecule has 0 saturated heterocycles. The van der Waals surface area contributed by atoms with Crippen LogP contribution >= 0.6 is 15.9 Å². The summed E-state index contributed by atoms with van der Waals surface area (Å²) in [6.45, 7) is 1.65. The van der Waals surface area contributed by atoms with Crippen LogP contribution in [0.15, 0.2) is 34.9 Å². The fourth-order valence-corrected chi connectivity index (χ4v) is 1.83. The lowest BCUT2D eigenvalue weighted by atomic mass is 10.2. The van der Waals surface area contributed by atoms with Gasteiger partial charge in [-0.2, -0.15) is 0 Å². The summed E-state index contributed by atoms with van der Waals surface area (Å²) in [4.78, 5) is 15.9. The van der Waals surface area contributed by atoms with Gasteiger partial charge in [0, 0.05) is 16.4 Å². The van der Waals surface area contributed by atoms with E-state index in [4.69, 9.17) is 5.73 Å². The molecule has 2 aromatic rings. The molecule has 3 N–H and O–H groups in total. The Labute approximate surface area is 118 Å². The third-order valence-electron chi connectivity index (χ3n) is 2.56. The Balaban J connectivity index is 2.25. The minimum Gasteiger partial charge on any atom is -0.383 e. The predicted octanol–water partition coefficient (Wildman–Crippen LogP) is 3.13. The molecule has 0 aliphatic heterocycles. The number of hydrogen-bond donors (Lipinski definition) is 2. The molecule has 0 aliphatic rings. The van der Waals surface area contributed by atoms with E-state index < -0.39 is 5.91 Å². The van der Waals surface area contributed by atoms with Crippen LogP contribution in [0.5, 0.6) is 0 Å². The van der Waals surface area contributed by atoms with Gasteiger partial charge in [0.1, 0.15) is 11.6 Å². The summed E-state index contributed by atoms with van der Waals surface area (Å²) in [5.74, 6) is -0.694. The second kappa shape index (κ2) is 5.36. The van der Waals surface area contributed by atoms with Gasteiger partial charge in [-0.25, -0.2) is 9.37 Å². The number of amides is 1. The highest BCUT2D eigenvalue weighted by molar-refractivity contribution is 9.10. The molecule has 2 rings (SSSR count). The largest absolute Gasteiger partial charge is 0.383 e. The molecule has 98 valence electrons. The third-order valence-corrected chi connectivity index (χ3v) is 2.99. The lowest BCUT2D eigenvalue weighted by molar-refractivity contribution is 0.102. The lowest BCUT2D eigenvalue weighted by Crippen LogP contribution is -2.15. The molecule has 0 spiro atoms. The fourth-order valence-electron chi connectivity index (χ4n) is 1.50. The van der Waals surface area contributed by atoms with E-state index >= 15 is 0 Å². The number of nitrogen functional groups attached to an aromatic ring is 1. The molecule has 19 heavy (non-hydrogen) atoms. The van der Waals surface area contributed by atoms with E-state index in [1.165, 1.54) is 12.3 Å². The maximum Gasteiger partial charge on any atom is 0.259 e. The van der Waals surface area contributed by atoms with Gasteiger partial charge >= 0.3 is 0 Å². The van der Waals surface area contributed by atoms with Crippen LogP contribution in [0.2, 0.25) is 0 Å². The zero-order valence-electron chi connectivity index (χ0n) is 10.1. The number of aryl methyl sites for hydroxylation is 1. The summed E-state index contributed by atoms with van der Waals surface area (Å²) in [6, 6.07) is 6.03. The molecule has 4 nitrogen and oxygen atoms in total. The molecule has 0 atom stereocenters. The first-order chi connectivity index (χ1) is 8.97. The number of carbonyl (C=O) groups excluding carboxylic acids is 1. The number of nitrogens with zero attached hydrogens (tertiary/aromatic N) is 1. The number of anilines is 2. The van der Waals surface area contributed by atoms with Crippen molar-refractivity contribution in [3.63, 3.8) is 0 Å². The van der Waals surface area contributed by atoms with Gasteiger partial charge in [0.15, 0.2) is 0 Å². The Bertz CT molecular complexity index is 646. The lowest BCUT2D eigenvalue weighted by Gasteiger charge is -2.08. The molecule has 1 aromatic carbocycles. The third kappa shape index (κ3) is 3.08. The van der Waals surface area contributed by atoms with E-state index in [0.717, 1.165) is 0 Å². The highest BCUT2D eigenvalue weighted by Crippen LogP contribution is 2.18. The van der Waals surface area contributed by atoms with Crippen LogP contribution in [0, 0.1) is 12.7 Å². The van der Waals surface area contributed by atoms with Crippen LogP contribution in [0.25, 0.3) is 0 Å². The number of hydrogen-bond acceptors (Lipinski definition) is 3. The van der Waals surface area contributed by atoms with Crippen molar-refractivity contribution in [1.29, 1.82) is 0 Å². The van der Waals surface area contributed by atoms with E-state index in [1.54, 1.807) is 25.1 Å². The Morgan fingerprint density at radius 3 is 2.84 bits per heavy atom. The van der Waals surface area contributed by atoms with Crippen LogP contribution in [0.4, 0.5) is 15.9 Å². The second-order valence-electron chi connectivity index (χ2n) is 4.00. The van der Waals surface area contributed by atoms with Crippen LogP contribution < -0.4 is 11.1 Å². The van der Waals surface area contributed by atoms with Crippen molar-refractivity contribution < 1.29 is 9.18 Å². The van der Waals surface area contributed by atoms with Gasteiger partial charge in [-0.15, -0.1) is 0 Å². The fraction of sp³-hybridized carbons (Fsp3) is 0.0769. The maximum atomic E-state index is 13.4. The van der Waals surface area contributed by atoms with Gasteiger partial charge in [-0.3, -0.25) is 4.79 Å².